The zero-order valence-electron chi connectivity index (χ0n) is 13.9. The second kappa shape index (κ2) is 7.51. The molecular formula is C19H25N3O2. The summed E-state index contributed by atoms with van der Waals surface area (Å²) in [4.78, 5) is 24.4. The van der Waals surface area contributed by atoms with Gasteiger partial charge in [0.2, 0.25) is 5.91 Å². The van der Waals surface area contributed by atoms with Crippen LogP contribution in [0.4, 0.5) is 5.69 Å². The molecule has 0 aliphatic heterocycles. The van der Waals surface area contributed by atoms with E-state index in [4.69, 9.17) is 0 Å². The summed E-state index contributed by atoms with van der Waals surface area (Å²) in [5, 5.41) is 9.03. The zero-order chi connectivity index (χ0) is 16.9. The minimum atomic E-state index is -0.174. The molecule has 3 N–H and O–H groups in total. The van der Waals surface area contributed by atoms with Crippen molar-refractivity contribution < 1.29 is 9.59 Å². The number of para-hydroxylation sites is 1. The SMILES string of the molecule is C=CCNC(=O)c1ccccc1NCC(=O)NC(C1CC1)C1CC1. The van der Waals surface area contributed by atoms with Gasteiger partial charge in [-0.15, -0.1) is 6.58 Å². The van der Waals surface area contributed by atoms with Gasteiger partial charge in [0.15, 0.2) is 0 Å². The third-order valence-electron chi connectivity index (χ3n) is 4.61. The van der Waals surface area contributed by atoms with E-state index in [2.05, 4.69) is 22.5 Å². The molecule has 24 heavy (non-hydrogen) atoms. The topological polar surface area (TPSA) is 70.2 Å². The van der Waals surface area contributed by atoms with Crippen LogP contribution in [-0.4, -0.2) is 30.9 Å². The highest BCUT2D eigenvalue weighted by Gasteiger charge is 2.42. The van der Waals surface area contributed by atoms with Crippen molar-refractivity contribution in [2.24, 2.45) is 11.8 Å². The van der Waals surface area contributed by atoms with Gasteiger partial charge in [0.1, 0.15) is 0 Å². The van der Waals surface area contributed by atoms with Crippen LogP contribution in [0.15, 0.2) is 36.9 Å². The Bertz CT molecular complexity index is 609. The fraction of sp³-hybridized carbons (Fsp3) is 0.474. The number of hydrogen-bond acceptors (Lipinski definition) is 3. The second-order valence-corrected chi connectivity index (χ2v) is 6.67. The van der Waals surface area contributed by atoms with E-state index in [1.807, 2.05) is 18.2 Å². The lowest BCUT2D eigenvalue weighted by molar-refractivity contribution is -0.120. The largest absolute Gasteiger partial charge is 0.376 e. The Morgan fingerprint density at radius 1 is 1.17 bits per heavy atom. The van der Waals surface area contributed by atoms with E-state index < -0.39 is 0 Å². The second-order valence-electron chi connectivity index (χ2n) is 6.67. The fourth-order valence-corrected chi connectivity index (χ4v) is 3.04. The number of hydrogen-bond donors (Lipinski definition) is 3. The summed E-state index contributed by atoms with van der Waals surface area (Å²) in [5.41, 5.74) is 1.21. The molecule has 0 aromatic heterocycles. The van der Waals surface area contributed by atoms with Gasteiger partial charge in [0.05, 0.1) is 12.1 Å². The highest BCUT2D eigenvalue weighted by atomic mass is 16.2. The highest BCUT2D eigenvalue weighted by Crippen LogP contribution is 2.44. The molecule has 0 unspecified atom stereocenters. The molecule has 1 aromatic carbocycles. The smallest absolute Gasteiger partial charge is 0.253 e. The van der Waals surface area contributed by atoms with Crippen molar-refractivity contribution in [2.75, 3.05) is 18.4 Å². The van der Waals surface area contributed by atoms with E-state index in [1.54, 1.807) is 12.1 Å². The molecule has 2 aliphatic rings. The first-order valence-electron chi connectivity index (χ1n) is 8.70. The lowest BCUT2D eigenvalue weighted by Crippen LogP contribution is -2.41. The van der Waals surface area contributed by atoms with E-state index >= 15 is 0 Å². The first-order chi connectivity index (χ1) is 11.7. The molecule has 2 aliphatic carbocycles. The lowest BCUT2D eigenvalue weighted by atomic mass is 10.1. The predicted octanol–water partition coefficient (Wildman–Crippen LogP) is 2.32. The van der Waals surface area contributed by atoms with Crippen LogP contribution in [0.25, 0.3) is 0 Å². The molecule has 0 bridgehead atoms. The lowest BCUT2D eigenvalue weighted by Gasteiger charge is -2.18. The van der Waals surface area contributed by atoms with Gasteiger partial charge < -0.3 is 16.0 Å². The Labute approximate surface area is 142 Å². The number of carbonyl (C=O) groups is 2. The quantitative estimate of drug-likeness (QED) is 0.610. The van der Waals surface area contributed by atoms with Crippen LogP contribution in [0.3, 0.4) is 0 Å². The zero-order valence-corrected chi connectivity index (χ0v) is 13.9. The van der Waals surface area contributed by atoms with Gasteiger partial charge in [-0.3, -0.25) is 9.59 Å². The van der Waals surface area contributed by atoms with Crippen molar-refractivity contribution in [3.63, 3.8) is 0 Å². The maximum absolute atomic E-state index is 12.3. The summed E-state index contributed by atoms with van der Waals surface area (Å²) in [6.07, 6.45) is 6.59. The van der Waals surface area contributed by atoms with E-state index in [0.29, 0.717) is 35.7 Å². The Kier molecular flexibility index (Phi) is 5.18. The Hall–Kier alpha value is -2.30. The Morgan fingerprint density at radius 3 is 2.46 bits per heavy atom. The van der Waals surface area contributed by atoms with Crippen molar-refractivity contribution in [1.82, 2.24) is 10.6 Å². The normalized spacial score (nSPS) is 16.5. The molecule has 3 rings (SSSR count). The summed E-state index contributed by atoms with van der Waals surface area (Å²) in [5.74, 6) is 1.18. The number of benzene rings is 1. The monoisotopic (exact) mass is 327 g/mol. The molecule has 1 aromatic rings. The highest BCUT2D eigenvalue weighted by molar-refractivity contribution is 6.00. The molecule has 2 amide bonds. The Morgan fingerprint density at radius 2 is 1.83 bits per heavy atom. The van der Waals surface area contributed by atoms with Gasteiger partial charge in [-0.2, -0.15) is 0 Å². The van der Waals surface area contributed by atoms with Crippen LogP contribution in [0.1, 0.15) is 36.0 Å². The molecular weight excluding hydrogens is 302 g/mol. The van der Waals surface area contributed by atoms with Crippen molar-refractivity contribution in [3.05, 3.63) is 42.5 Å². The van der Waals surface area contributed by atoms with Crippen molar-refractivity contribution in [2.45, 2.75) is 31.7 Å². The van der Waals surface area contributed by atoms with Gasteiger partial charge in [0.25, 0.3) is 5.91 Å². The Balaban J connectivity index is 1.54. The maximum Gasteiger partial charge on any atom is 0.253 e. The fourth-order valence-electron chi connectivity index (χ4n) is 3.04. The number of anilines is 1. The number of rotatable bonds is 9. The van der Waals surface area contributed by atoms with Gasteiger partial charge in [-0.25, -0.2) is 0 Å². The molecule has 0 radical (unpaired) electrons. The summed E-state index contributed by atoms with van der Waals surface area (Å²) in [7, 11) is 0. The predicted molar refractivity (Wildman–Crippen MR) is 94.8 cm³/mol. The average molecular weight is 327 g/mol. The minimum absolute atomic E-state index is 0.0000951. The molecule has 2 saturated carbocycles. The van der Waals surface area contributed by atoms with Crippen molar-refractivity contribution >= 4 is 17.5 Å². The van der Waals surface area contributed by atoms with Gasteiger partial charge in [0, 0.05) is 18.3 Å². The van der Waals surface area contributed by atoms with Gasteiger partial charge >= 0.3 is 0 Å². The first-order valence-corrected chi connectivity index (χ1v) is 8.70. The standard InChI is InChI=1S/C19H25N3O2/c1-2-11-20-19(24)15-5-3-4-6-16(15)21-12-17(23)22-18(13-7-8-13)14-9-10-14/h2-6,13-14,18,21H,1,7-12H2,(H,20,24)(H,22,23). The first kappa shape index (κ1) is 16.6. The number of amides is 2. The molecule has 0 atom stereocenters. The molecule has 0 heterocycles. The number of nitrogens with one attached hydrogen (secondary N) is 3. The molecule has 5 heteroatoms. The van der Waals surface area contributed by atoms with Crippen LogP contribution in [0.2, 0.25) is 0 Å². The molecule has 0 spiro atoms. The molecule has 5 nitrogen and oxygen atoms in total. The van der Waals surface area contributed by atoms with Crippen molar-refractivity contribution in [3.8, 4) is 0 Å². The van der Waals surface area contributed by atoms with E-state index in [9.17, 15) is 9.59 Å². The molecule has 2 fully saturated rings. The number of carbonyl (C=O) groups excluding carboxylic acids is 2. The van der Waals surface area contributed by atoms with Crippen LogP contribution >= 0.6 is 0 Å². The molecule has 0 saturated heterocycles. The molecule has 128 valence electrons. The third kappa shape index (κ3) is 4.37. The summed E-state index contributed by atoms with van der Waals surface area (Å²) in [6, 6.07) is 7.57. The minimum Gasteiger partial charge on any atom is -0.376 e. The van der Waals surface area contributed by atoms with Crippen molar-refractivity contribution in [1.29, 1.82) is 0 Å². The summed E-state index contributed by atoms with van der Waals surface area (Å²) < 4.78 is 0. The van der Waals surface area contributed by atoms with Crippen LogP contribution in [0, 0.1) is 11.8 Å². The van der Waals surface area contributed by atoms with E-state index in [0.717, 1.165) is 0 Å². The van der Waals surface area contributed by atoms with Crippen LogP contribution < -0.4 is 16.0 Å². The maximum atomic E-state index is 12.3. The van der Waals surface area contributed by atoms with E-state index in [1.165, 1.54) is 25.7 Å². The van der Waals surface area contributed by atoms with Crippen LogP contribution in [0.5, 0.6) is 0 Å². The van der Waals surface area contributed by atoms with E-state index in [-0.39, 0.29) is 18.4 Å². The van der Waals surface area contributed by atoms with Gasteiger partial charge in [-0.05, 0) is 49.7 Å². The van der Waals surface area contributed by atoms with Gasteiger partial charge in [-0.1, -0.05) is 18.2 Å². The third-order valence-corrected chi connectivity index (χ3v) is 4.61. The van der Waals surface area contributed by atoms with Crippen LogP contribution in [-0.2, 0) is 4.79 Å². The summed E-state index contributed by atoms with van der Waals surface area (Å²) >= 11 is 0. The summed E-state index contributed by atoms with van der Waals surface area (Å²) in [6.45, 7) is 4.19. The average Bonchev–Trinajstić information content (AvgIpc) is 3.48.